The Balaban J connectivity index is 2.42. The molecule has 2 rings (SSSR count). The van der Waals surface area contributed by atoms with Crippen molar-refractivity contribution >= 4 is 29.1 Å². The molecule has 0 aromatic heterocycles. The quantitative estimate of drug-likeness (QED) is 0.833. The summed E-state index contributed by atoms with van der Waals surface area (Å²) >= 11 is 12.0. The van der Waals surface area contributed by atoms with E-state index in [1.165, 1.54) is 19.1 Å². The third-order valence-electron chi connectivity index (χ3n) is 3.12. The molecule has 2 atom stereocenters. The molecule has 1 aromatic carbocycles. The lowest BCUT2D eigenvalue weighted by Crippen LogP contribution is -2.67. The topological polar surface area (TPSA) is 29.1 Å². The fourth-order valence-corrected chi connectivity index (χ4v) is 2.91. The highest BCUT2D eigenvalue weighted by Gasteiger charge is 2.69. The lowest BCUT2D eigenvalue weighted by molar-refractivity contribution is -0.147. The minimum Gasteiger partial charge on any atom is -0.351 e. The van der Waals surface area contributed by atoms with E-state index in [1.807, 2.05) is 0 Å². The Hall–Kier alpha value is -0.870. The van der Waals surface area contributed by atoms with Crippen LogP contribution < -0.4 is 5.32 Å². The standard InChI is InChI=1S/C12H11Cl2F2NO/c1-7(18)17-10-6-11(15,16)12(10,14)8-4-2-3-5-9(8)13/h2-5,10H,6H2,1H3,(H,17,18)/t10-,12-/m1/s1. The summed E-state index contributed by atoms with van der Waals surface area (Å²) in [5.74, 6) is -3.50. The van der Waals surface area contributed by atoms with E-state index in [-0.39, 0.29) is 10.6 Å². The van der Waals surface area contributed by atoms with Crippen molar-refractivity contribution in [3.63, 3.8) is 0 Å². The number of nitrogens with one attached hydrogen (secondary N) is 1. The monoisotopic (exact) mass is 293 g/mol. The van der Waals surface area contributed by atoms with Crippen molar-refractivity contribution in [3.8, 4) is 0 Å². The van der Waals surface area contributed by atoms with Gasteiger partial charge in [-0.05, 0) is 11.6 Å². The Kier molecular flexibility index (Phi) is 3.28. The van der Waals surface area contributed by atoms with E-state index in [0.717, 1.165) is 0 Å². The lowest BCUT2D eigenvalue weighted by atomic mass is 9.70. The van der Waals surface area contributed by atoms with Crippen molar-refractivity contribution in [2.75, 3.05) is 0 Å². The first-order chi connectivity index (χ1) is 8.29. The summed E-state index contributed by atoms with van der Waals surface area (Å²) in [4.78, 5) is 9.04. The van der Waals surface area contributed by atoms with E-state index in [4.69, 9.17) is 23.2 Å². The number of carbonyl (C=O) groups excluding carboxylic acids is 1. The van der Waals surface area contributed by atoms with Gasteiger partial charge in [0.1, 0.15) is 0 Å². The molecule has 0 unspecified atom stereocenters. The van der Waals surface area contributed by atoms with Gasteiger partial charge in [-0.1, -0.05) is 29.8 Å². The SMILES string of the molecule is CC(=O)N[C@@H]1CC(F)(F)[C@@]1(Cl)c1ccccc1Cl. The molecule has 18 heavy (non-hydrogen) atoms. The van der Waals surface area contributed by atoms with E-state index in [0.29, 0.717) is 0 Å². The van der Waals surface area contributed by atoms with Crippen molar-refractivity contribution in [2.45, 2.75) is 30.2 Å². The van der Waals surface area contributed by atoms with Crippen LogP contribution in [0.5, 0.6) is 0 Å². The van der Waals surface area contributed by atoms with Crippen molar-refractivity contribution in [2.24, 2.45) is 0 Å². The number of hydrogen-bond donors (Lipinski definition) is 1. The van der Waals surface area contributed by atoms with Crippen LogP contribution in [-0.4, -0.2) is 17.9 Å². The predicted molar refractivity (Wildman–Crippen MR) is 66.2 cm³/mol. The molecule has 0 heterocycles. The smallest absolute Gasteiger partial charge is 0.275 e. The number of benzene rings is 1. The molecule has 6 heteroatoms. The fraction of sp³-hybridized carbons (Fsp3) is 0.417. The number of hydrogen-bond acceptors (Lipinski definition) is 1. The molecule has 1 aliphatic carbocycles. The summed E-state index contributed by atoms with van der Waals surface area (Å²) in [6.45, 7) is 1.26. The summed E-state index contributed by atoms with van der Waals surface area (Å²) in [6, 6.07) is 5.35. The van der Waals surface area contributed by atoms with Crippen LogP contribution in [0.4, 0.5) is 8.78 Å². The van der Waals surface area contributed by atoms with E-state index in [9.17, 15) is 13.6 Å². The van der Waals surface area contributed by atoms with Gasteiger partial charge in [-0.15, -0.1) is 11.6 Å². The first kappa shape index (κ1) is 13.6. The van der Waals surface area contributed by atoms with E-state index in [2.05, 4.69) is 5.32 Å². The van der Waals surface area contributed by atoms with Crippen LogP contribution >= 0.6 is 23.2 Å². The fourth-order valence-electron chi connectivity index (χ4n) is 2.21. The first-order valence-corrected chi connectivity index (χ1v) is 6.13. The zero-order valence-electron chi connectivity index (χ0n) is 9.51. The summed E-state index contributed by atoms with van der Waals surface area (Å²) < 4.78 is 27.6. The Morgan fingerprint density at radius 2 is 2.06 bits per heavy atom. The zero-order valence-corrected chi connectivity index (χ0v) is 11.0. The minimum atomic E-state index is -3.10. The molecule has 1 aromatic rings. The molecule has 1 N–H and O–H groups in total. The van der Waals surface area contributed by atoms with Gasteiger partial charge in [-0.3, -0.25) is 4.79 Å². The van der Waals surface area contributed by atoms with Crippen LogP contribution in [-0.2, 0) is 9.67 Å². The Bertz CT molecular complexity index is 495. The van der Waals surface area contributed by atoms with Gasteiger partial charge in [0, 0.05) is 18.4 Å². The third kappa shape index (κ3) is 1.88. The number of carbonyl (C=O) groups is 1. The highest BCUT2D eigenvalue weighted by atomic mass is 35.5. The number of halogens is 4. The van der Waals surface area contributed by atoms with Crippen LogP contribution in [0.3, 0.4) is 0 Å². The summed E-state index contributed by atoms with van der Waals surface area (Å²) in [7, 11) is 0. The molecule has 1 amide bonds. The second-order valence-corrected chi connectivity index (χ2v) is 5.36. The van der Waals surface area contributed by atoms with Crippen molar-refractivity contribution in [1.82, 2.24) is 5.32 Å². The maximum Gasteiger partial charge on any atom is 0.275 e. The van der Waals surface area contributed by atoms with E-state index >= 15 is 0 Å². The molecular formula is C12H11Cl2F2NO. The molecule has 0 radical (unpaired) electrons. The maximum absolute atomic E-state index is 13.8. The zero-order chi connectivity index (χ0) is 13.6. The normalized spacial score (nSPS) is 29.5. The second-order valence-electron chi connectivity index (χ2n) is 4.35. The van der Waals surface area contributed by atoms with Crippen LogP contribution in [0, 0.1) is 0 Å². The van der Waals surface area contributed by atoms with Crippen LogP contribution in [0.25, 0.3) is 0 Å². The molecule has 1 saturated carbocycles. The van der Waals surface area contributed by atoms with Crippen LogP contribution in [0.2, 0.25) is 5.02 Å². The van der Waals surface area contributed by atoms with E-state index < -0.39 is 29.2 Å². The van der Waals surface area contributed by atoms with Gasteiger partial charge in [0.05, 0.1) is 6.04 Å². The van der Waals surface area contributed by atoms with Gasteiger partial charge in [0.25, 0.3) is 5.92 Å². The first-order valence-electron chi connectivity index (χ1n) is 5.38. The Morgan fingerprint density at radius 3 is 2.56 bits per heavy atom. The Labute approximate surface area is 113 Å². The molecule has 98 valence electrons. The van der Waals surface area contributed by atoms with Crippen LogP contribution in [0.1, 0.15) is 18.9 Å². The van der Waals surface area contributed by atoms with Crippen molar-refractivity contribution in [3.05, 3.63) is 34.9 Å². The largest absolute Gasteiger partial charge is 0.351 e. The predicted octanol–water partition coefficient (Wildman–Crippen LogP) is 3.32. The van der Waals surface area contributed by atoms with E-state index in [1.54, 1.807) is 12.1 Å². The Morgan fingerprint density at radius 1 is 1.44 bits per heavy atom. The molecule has 2 nitrogen and oxygen atoms in total. The molecule has 0 bridgehead atoms. The van der Waals surface area contributed by atoms with Gasteiger partial charge in [0.15, 0.2) is 4.87 Å². The van der Waals surface area contributed by atoms with Gasteiger partial charge in [-0.2, -0.15) is 0 Å². The molecule has 0 aliphatic heterocycles. The van der Waals surface area contributed by atoms with Gasteiger partial charge < -0.3 is 5.32 Å². The molecule has 0 saturated heterocycles. The molecule has 0 spiro atoms. The third-order valence-corrected chi connectivity index (χ3v) is 4.19. The number of rotatable bonds is 2. The summed E-state index contributed by atoms with van der Waals surface area (Å²) in [6.07, 6.45) is -0.485. The second kappa shape index (κ2) is 4.35. The minimum absolute atomic E-state index is 0.142. The lowest BCUT2D eigenvalue weighted by Gasteiger charge is -2.51. The van der Waals surface area contributed by atoms with Gasteiger partial charge in [-0.25, -0.2) is 8.78 Å². The molecule has 1 aliphatic rings. The van der Waals surface area contributed by atoms with Crippen molar-refractivity contribution in [1.29, 1.82) is 0 Å². The summed E-state index contributed by atoms with van der Waals surface area (Å²) in [5.41, 5.74) is 0.142. The number of amides is 1. The highest BCUT2D eigenvalue weighted by molar-refractivity contribution is 6.34. The average Bonchev–Trinajstić information content (AvgIpc) is 2.27. The van der Waals surface area contributed by atoms with Crippen LogP contribution in [0.15, 0.2) is 24.3 Å². The van der Waals surface area contributed by atoms with Gasteiger partial charge >= 0.3 is 0 Å². The van der Waals surface area contributed by atoms with Gasteiger partial charge in [0.2, 0.25) is 5.91 Å². The molecule has 1 fully saturated rings. The average molecular weight is 294 g/mol. The summed E-state index contributed by atoms with van der Waals surface area (Å²) in [5, 5.41) is 2.61. The molecular weight excluding hydrogens is 283 g/mol. The number of alkyl halides is 3. The van der Waals surface area contributed by atoms with Crippen molar-refractivity contribution < 1.29 is 13.6 Å². The highest BCUT2D eigenvalue weighted by Crippen LogP contribution is 2.59. The maximum atomic E-state index is 13.8.